The summed E-state index contributed by atoms with van der Waals surface area (Å²) in [6.07, 6.45) is 0. The Morgan fingerprint density at radius 1 is 1.33 bits per heavy atom. The van der Waals surface area contributed by atoms with Crippen molar-refractivity contribution in [2.24, 2.45) is 0 Å². The topological polar surface area (TPSA) is 76.1 Å². The summed E-state index contributed by atoms with van der Waals surface area (Å²) in [5, 5.41) is 6.13. The van der Waals surface area contributed by atoms with Crippen LogP contribution < -0.4 is 10.6 Å². The second kappa shape index (κ2) is 7.56. The number of nitrogens with zero attached hydrogens (tertiary/aromatic N) is 2. The number of aromatic nitrogens is 2. The van der Waals surface area contributed by atoms with Gasteiger partial charge in [-0.1, -0.05) is 32.4 Å². The van der Waals surface area contributed by atoms with Crippen molar-refractivity contribution < 1.29 is 9.53 Å². The summed E-state index contributed by atoms with van der Waals surface area (Å²) in [7, 11) is 1.59. The maximum absolute atomic E-state index is 11.7. The van der Waals surface area contributed by atoms with Crippen molar-refractivity contribution in [1.82, 2.24) is 15.3 Å². The first-order valence-electron chi connectivity index (χ1n) is 6.80. The van der Waals surface area contributed by atoms with Crippen molar-refractivity contribution in [2.45, 2.75) is 33.1 Å². The quantitative estimate of drug-likeness (QED) is 0.619. The SMILES string of the molecule is COCCNC(=O)CNc1nc(C(C)(C)C)nc(Cl)c1C. The molecule has 7 heteroatoms. The van der Waals surface area contributed by atoms with E-state index in [1.165, 1.54) is 0 Å². The molecule has 1 amide bonds. The number of ether oxygens (including phenoxy) is 1. The third kappa shape index (κ3) is 5.47. The summed E-state index contributed by atoms with van der Waals surface area (Å²) >= 11 is 6.13. The second-order valence-corrected chi connectivity index (χ2v) is 6.12. The molecule has 0 aliphatic rings. The van der Waals surface area contributed by atoms with Crippen molar-refractivity contribution >= 4 is 23.3 Å². The Morgan fingerprint density at radius 2 is 2.00 bits per heavy atom. The van der Waals surface area contributed by atoms with E-state index in [4.69, 9.17) is 16.3 Å². The highest BCUT2D eigenvalue weighted by atomic mass is 35.5. The zero-order chi connectivity index (χ0) is 16.0. The van der Waals surface area contributed by atoms with Gasteiger partial charge in [-0.3, -0.25) is 4.79 Å². The van der Waals surface area contributed by atoms with Gasteiger partial charge in [0.2, 0.25) is 5.91 Å². The van der Waals surface area contributed by atoms with Crippen LogP contribution in [0.25, 0.3) is 0 Å². The van der Waals surface area contributed by atoms with E-state index in [2.05, 4.69) is 20.6 Å². The van der Waals surface area contributed by atoms with E-state index < -0.39 is 0 Å². The summed E-state index contributed by atoms with van der Waals surface area (Å²) in [4.78, 5) is 20.4. The molecule has 1 heterocycles. The minimum Gasteiger partial charge on any atom is -0.383 e. The van der Waals surface area contributed by atoms with E-state index in [-0.39, 0.29) is 17.9 Å². The molecular weight excluding hydrogens is 292 g/mol. The van der Waals surface area contributed by atoms with Crippen molar-refractivity contribution in [3.63, 3.8) is 0 Å². The van der Waals surface area contributed by atoms with Gasteiger partial charge in [-0.25, -0.2) is 9.97 Å². The van der Waals surface area contributed by atoms with Gasteiger partial charge in [0.25, 0.3) is 0 Å². The average molecular weight is 315 g/mol. The zero-order valence-corrected chi connectivity index (χ0v) is 14.0. The lowest BCUT2D eigenvalue weighted by atomic mass is 9.95. The predicted octanol–water partition coefficient (Wildman–Crippen LogP) is 1.91. The molecule has 0 bridgehead atoms. The van der Waals surface area contributed by atoms with Crippen molar-refractivity contribution in [1.29, 1.82) is 0 Å². The summed E-state index contributed by atoms with van der Waals surface area (Å²) < 4.78 is 4.87. The van der Waals surface area contributed by atoms with Crippen LogP contribution in [0, 0.1) is 6.92 Å². The van der Waals surface area contributed by atoms with E-state index in [1.807, 2.05) is 27.7 Å². The molecule has 0 aromatic carbocycles. The molecule has 0 fully saturated rings. The Bertz CT molecular complexity index is 500. The van der Waals surface area contributed by atoms with Crippen LogP contribution in [0.3, 0.4) is 0 Å². The molecule has 21 heavy (non-hydrogen) atoms. The standard InChI is InChI=1S/C14H23ClN4O2/c1-9-11(15)18-13(14(2,3)4)19-12(9)17-8-10(20)16-6-7-21-5/h6-8H2,1-5H3,(H,16,20)(H,17,18,19). The van der Waals surface area contributed by atoms with Crippen LogP contribution in [0.5, 0.6) is 0 Å². The largest absolute Gasteiger partial charge is 0.383 e. The minimum absolute atomic E-state index is 0.126. The smallest absolute Gasteiger partial charge is 0.239 e. The van der Waals surface area contributed by atoms with Crippen LogP contribution in [0.2, 0.25) is 5.15 Å². The molecule has 0 aliphatic heterocycles. The molecule has 1 aromatic heterocycles. The highest BCUT2D eigenvalue weighted by Gasteiger charge is 2.20. The number of methoxy groups -OCH3 is 1. The molecule has 118 valence electrons. The molecule has 0 aliphatic carbocycles. The first-order chi connectivity index (χ1) is 9.75. The van der Waals surface area contributed by atoms with Gasteiger partial charge in [0.1, 0.15) is 16.8 Å². The number of carbonyl (C=O) groups excluding carboxylic acids is 1. The van der Waals surface area contributed by atoms with E-state index in [0.29, 0.717) is 29.9 Å². The monoisotopic (exact) mass is 314 g/mol. The molecule has 0 atom stereocenters. The van der Waals surface area contributed by atoms with Gasteiger partial charge in [0, 0.05) is 24.6 Å². The molecule has 0 saturated heterocycles. The lowest BCUT2D eigenvalue weighted by Crippen LogP contribution is -2.32. The lowest BCUT2D eigenvalue weighted by Gasteiger charge is -2.19. The van der Waals surface area contributed by atoms with Crippen molar-refractivity contribution in [2.75, 3.05) is 32.1 Å². The van der Waals surface area contributed by atoms with Gasteiger partial charge in [0.15, 0.2) is 0 Å². The first kappa shape index (κ1) is 17.7. The summed E-state index contributed by atoms with van der Waals surface area (Å²) in [6.45, 7) is 8.94. The molecule has 1 rings (SSSR count). The summed E-state index contributed by atoms with van der Waals surface area (Å²) in [6, 6.07) is 0. The average Bonchev–Trinajstić information content (AvgIpc) is 2.39. The summed E-state index contributed by atoms with van der Waals surface area (Å²) in [5.74, 6) is 1.10. The number of nitrogens with one attached hydrogen (secondary N) is 2. The van der Waals surface area contributed by atoms with Crippen molar-refractivity contribution in [3.8, 4) is 0 Å². The Balaban J connectivity index is 2.74. The van der Waals surface area contributed by atoms with Crippen molar-refractivity contribution in [3.05, 3.63) is 16.5 Å². The van der Waals surface area contributed by atoms with Crippen LogP contribution in [-0.4, -0.2) is 42.7 Å². The maximum atomic E-state index is 11.7. The molecule has 0 saturated carbocycles. The van der Waals surface area contributed by atoms with Gasteiger partial charge >= 0.3 is 0 Å². The van der Waals surface area contributed by atoms with Crippen LogP contribution >= 0.6 is 11.6 Å². The molecule has 0 spiro atoms. The Labute approximate surface area is 130 Å². The van der Waals surface area contributed by atoms with E-state index in [1.54, 1.807) is 7.11 Å². The van der Waals surface area contributed by atoms with E-state index in [0.717, 1.165) is 5.56 Å². The van der Waals surface area contributed by atoms with Crippen LogP contribution in [0.15, 0.2) is 0 Å². The molecule has 0 radical (unpaired) electrons. The maximum Gasteiger partial charge on any atom is 0.239 e. The van der Waals surface area contributed by atoms with E-state index in [9.17, 15) is 4.79 Å². The highest BCUT2D eigenvalue weighted by Crippen LogP contribution is 2.25. The Morgan fingerprint density at radius 3 is 2.57 bits per heavy atom. The van der Waals surface area contributed by atoms with Gasteiger partial charge in [0.05, 0.1) is 13.2 Å². The fourth-order valence-corrected chi connectivity index (χ4v) is 1.69. The number of halogens is 1. The number of hydrogen-bond donors (Lipinski definition) is 2. The van der Waals surface area contributed by atoms with Crippen LogP contribution in [0.4, 0.5) is 5.82 Å². The van der Waals surface area contributed by atoms with E-state index >= 15 is 0 Å². The van der Waals surface area contributed by atoms with Crippen LogP contribution in [0.1, 0.15) is 32.2 Å². The number of amides is 1. The number of hydrogen-bond acceptors (Lipinski definition) is 5. The third-order valence-electron chi connectivity index (χ3n) is 2.80. The molecule has 0 unspecified atom stereocenters. The molecule has 6 nitrogen and oxygen atoms in total. The van der Waals surface area contributed by atoms with Gasteiger partial charge in [-0.2, -0.15) is 0 Å². The Kier molecular flexibility index (Phi) is 6.36. The number of anilines is 1. The lowest BCUT2D eigenvalue weighted by molar-refractivity contribution is -0.119. The summed E-state index contributed by atoms with van der Waals surface area (Å²) in [5.41, 5.74) is 0.517. The van der Waals surface area contributed by atoms with Gasteiger partial charge in [-0.05, 0) is 6.92 Å². The highest BCUT2D eigenvalue weighted by molar-refractivity contribution is 6.30. The van der Waals surface area contributed by atoms with Crippen LogP contribution in [-0.2, 0) is 14.9 Å². The molecule has 1 aromatic rings. The zero-order valence-electron chi connectivity index (χ0n) is 13.2. The normalized spacial score (nSPS) is 11.3. The molecular formula is C14H23ClN4O2. The van der Waals surface area contributed by atoms with Gasteiger partial charge in [-0.15, -0.1) is 0 Å². The first-order valence-corrected chi connectivity index (χ1v) is 7.17. The Hall–Kier alpha value is -1.40. The van der Waals surface area contributed by atoms with Gasteiger partial charge < -0.3 is 15.4 Å². The fourth-order valence-electron chi connectivity index (χ4n) is 1.52. The number of carbonyl (C=O) groups is 1. The number of rotatable bonds is 6. The predicted molar refractivity (Wildman–Crippen MR) is 83.9 cm³/mol. The second-order valence-electron chi connectivity index (χ2n) is 5.76. The third-order valence-corrected chi connectivity index (χ3v) is 3.17. The fraction of sp³-hybridized carbons (Fsp3) is 0.643. The molecule has 2 N–H and O–H groups in total. The minimum atomic E-state index is -0.214.